The van der Waals surface area contributed by atoms with Crippen LogP contribution in [0.25, 0.3) is 0 Å². The molecule has 0 aliphatic carbocycles. The maximum absolute atomic E-state index is 12.8. The Morgan fingerprint density at radius 1 is 1.38 bits per heavy atom. The summed E-state index contributed by atoms with van der Waals surface area (Å²) in [6, 6.07) is 0. The fourth-order valence-electron chi connectivity index (χ4n) is 0.789. The molecule has 0 N–H and O–H groups in total. The molecule has 1 nitrogen and oxygen atoms in total. The van der Waals surface area contributed by atoms with E-state index in [2.05, 4.69) is 0 Å². The van der Waals surface area contributed by atoms with Crippen molar-refractivity contribution >= 4 is 16.9 Å². The quantitative estimate of drug-likeness (QED) is 0.676. The van der Waals surface area contributed by atoms with Crippen LogP contribution in [0.3, 0.4) is 0 Å². The molecule has 0 bridgehead atoms. The number of thioether (sulfide) groups is 1. The second-order valence-corrected chi connectivity index (χ2v) is 3.99. The van der Waals surface area contributed by atoms with E-state index in [4.69, 9.17) is 0 Å². The highest BCUT2D eigenvalue weighted by Gasteiger charge is 2.14. The van der Waals surface area contributed by atoms with Crippen molar-refractivity contribution in [3.8, 4) is 0 Å². The van der Waals surface area contributed by atoms with Crippen LogP contribution in [0, 0.1) is 0 Å². The third kappa shape index (κ3) is 8.15. The van der Waals surface area contributed by atoms with Gasteiger partial charge in [-0.25, -0.2) is 13.2 Å². The van der Waals surface area contributed by atoms with Gasteiger partial charge in [-0.3, -0.25) is 4.79 Å². The Balaban J connectivity index is 3.39. The highest BCUT2D eigenvalue weighted by Crippen LogP contribution is 2.14. The summed E-state index contributed by atoms with van der Waals surface area (Å²) < 4.78 is 36.6. The third-order valence-electron chi connectivity index (χ3n) is 1.42. The fraction of sp³-hybridized carbons (Fsp3) is 0.875. The average Bonchev–Trinajstić information content (AvgIpc) is 2.03. The van der Waals surface area contributed by atoms with Gasteiger partial charge in [0.1, 0.15) is 19.0 Å². The normalized spacial score (nSPS) is 15.4. The van der Waals surface area contributed by atoms with Crippen molar-refractivity contribution in [2.24, 2.45) is 0 Å². The second-order valence-electron chi connectivity index (χ2n) is 2.71. The number of hydrogen-bond donors (Lipinski definition) is 0. The topological polar surface area (TPSA) is 17.1 Å². The molecule has 0 aromatic heterocycles. The van der Waals surface area contributed by atoms with Gasteiger partial charge in [-0.1, -0.05) is 11.8 Å². The first-order valence-corrected chi connectivity index (χ1v) is 5.02. The first-order chi connectivity index (χ1) is 6.06. The molecule has 0 rings (SSSR count). The van der Waals surface area contributed by atoms with E-state index in [1.54, 1.807) is 0 Å². The Bertz CT molecular complexity index is 154. The maximum atomic E-state index is 12.8. The fourth-order valence-corrected chi connectivity index (χ4v) is 1.45. The highest BCUT2D eigenvalue weighted by molar-refractivity contribution is 8.13. The summed E-state index contributed by atoms with van der Waals surface area (Å²) in [6.45, 7) is 0.248. The van der Waals surface area contributed by atoms with Crippen LogP contribution < -0.4 is 0 Å². The van der Waals surface area contributed by atoms with Crippen LogP contribution in [-0.2, 0) is 4.79 Å². The minimum atomic E-state index is -1.71. The van der Waals surface area contributed by atoms with Gasteiger partial charge in [-0.15, -0.1) is 0 Å². The summed E-state index contributed by atoms with van der Waals surface area (Å²) in [7, 11) is 0. The van der Waals surface area contributed by atoms with Gasteiger partial charge in [0, 0.05) is 19.1 Å². The van der Waals surface area contributed by atoms with Crippen molar-refractivity contribution in [2.75, 3.05) is 12.4 Å². The Hall–Kier alpha value is -0.190. The van der Waals surface area contributed by atoms with E-state index in [9.17, 15) is 18.0 Å². The van der Waals surface area contributed by atoms with E-state index >= 15 is 0 Å². The lowest BCUT2D eigenvalue weighted by Gasteiger charge is -2.08. The molecule has 0 amide bonds. The smallest absolute Gasteiger partial charge is 0.185 e. The van der Waals surface area contributed by atoms with E-state index < -0.39 is 25.4 Å². The molecular formula is C8H13F3OS. The van der Waals surface area contributed by atoms with Gasteiger partial charge in [0.05, 0.1) is 0 Å². The molecule has 0 radical (unpaired) electrons. The molecule has 0 aliphatic rings. The number of alkyl halides is 3. The number of rotatable bonds is 6. The Labute approximate surface area is 80.1 Å². The largest absolute Gasteiger partial charge is 0.288 e. The number of hydrogen-bond acceptors (Lipinski definition) is 2. The first kappa shape index (κ1) is 12.8. The molecule has 78 valence electrons. The monoisotopic (exact) mass is 214 g/mol. The lowest BCUT2D eigenvalue weighted by Crippen LogP contribution is -2.13. The van der Waals surface area contributed by atoms with Crippen molar-refractivity contribution in [3.63, 3.8) is 0 Å². The van der Waals surface area contributed by atoms with Crippen molar-refractivity contribution < 1.29 is 18.0 Å². The molecule has 0 spiro atoms. The molecule has 0 fully saturated rings. The molecule has 2 atom stereocenters. The standard InChI is InChI=1S/C8H13F3OS/c1-6(12)13-3-2-7(10)4-8(11)5-9/h7-8H,2-5H2,1H3. The lowest BCUT2D eigenvalue weighted by molar-refractivity contribution is -0.109. The summed E-state index contributed by atoms with van der Waals surface area (Å²) in [5, 5.41) is -0.0884. The lowest BCUT2D eigenvalue weighted by atomic mass is 10.1. The van der Waals surface area contributed by atoms with Crippen LogP contribution in [0.2, 0.25) is 0 Å². The summed E-state index contributed by atoms with van der Waals surface area (Å²) >= 11 is 0.999. The predicted octanol–water partition coefficient (Wildman–Crippen LogP) is 2.69. The van der Waals surface area contributed by atoms with Gasteiger partial charge in [0.2, 0.25) is 0 Å². The van der Waals surface area contributed by atoms with Gasteiger partial charge >= 0.3 is 0 Å². The Morgan fingerprint density at radius 3 is 2.46 bits per heavy atom. The molecule has 13 heavy (non-hydrogen) atoms. The second kappa shape index (κ2) is 7.24. The van der Waals surface area contributed by atoms with Gasteiger partial charge in [0.15, 0.2) is 5.12 Å². The summed E-state index contributed by atoms with van der Waals surface area (Å²) in [5.41, 5.74) is 0. The van der Waals surface area contributed by atoms with Crippen molar-refractivity contribution in [1.82, 2.24) is 0 Å². The zero-order chi connectivity index (χ0) is 10.3. The highest BCUT2D eigenvalue weighted by atomic mass is 32.2. The SMILES string of the molecule is CC(=O)SCCC(F)CC(F)CF. The number of halogens is 3. The van der Waals surface area contributed by atoms with Crippen LogP contribution in [0.15, 0.2) is 0 Å². The Morgan fingerprint density at radius 2 is 2.00 bits per heavy atom. The van der Waals surface area contributed by atoms with Crippen molar-refractivity contribution in [2.45, 2.75) is 32.1 Å². The first-order valence-electron chi connectivity index (χ1n) is 4.03. The molecule has 5 heteroatoms. The maximum Gasteiger partial charge on any atom is 0.185 e. The Kier molecular flexibility index (Phi) is 7.13. The van der Waals surface area contributed by atoms with E-state index in [0.29, 0.717) is 5.75 Å². The zero-order valence-electron chi connectivity index (χ0n) is 7.43. The minimum absolute atomic E-state index is 0.0884. The van der Waals surface area contributed by atoms with Gasteiger partial charge in [0.25, 0.3) is 0 Å². The minimum Gasteiger partial charge on any atom is -0.288 e. The van der Waals surface area contributed by atoms with Crippen LogP contribution in [0.1, 0.15) is 19.8 Å². The van der Waals surface area contributed by atoms with Crippen LogP contribution >= 0.6 is 11.8 Å². The molecule has 0 heterocycles. The molecule has 0 saturated heterocycles. The summed E-state index contributed by atoms with van der Waals surface area (Å²) in [5.74, 6) is 0.329. The van der Waals surface area contributed by atoms with Crippen LogP contribution in [0.4, 0.5) is 13.2 Å². The van der Waals surface area contributed by atoms with Gasteiger partial charge < -0.3 is 0 Å². The molecular weight excluding hydrogens is 201 g/mol. The third-order valence-corrected chi connectivity index (χ3v) is 2.26. The summed E-state index contributed by atoms with van der Waals surface area (Å²) in [6.07, 6.45) is -3.37. The van der Waals surface area contributed by atoms with Crippen LogP contribution in [-0.4, -0.2) is 29.9 Å². The molecule has 2 unspecified atom stereocenters. The molecule has 0 saturated carbocycles. The van der Waals surface area contributed by atoms with Crippen LogP contribution in [0.5, 0.6) is 0 Å². The van der Waals surface area contributed by atoms with Gasteiger partial charge in [-0.2, -0.15) is 0 Å². The zero-order valence-corrected chi connectivity index (χ0v) is 8.25. The van der Waals surface area contributed by atoms with E-state index in [-0.39, 0.29) is 11.5 Å². The van der Waals surface area contributed by atoms with Gasteiger partial charge in [-0.05, 0) is 6.42 Å². The van der Waals surface area contributed by atoms with E-state index in [1.807, 2.05) is 0 Å². The number of carbonyl (C=O) groups is 1. The summed E-state index contributed by atoms with van der Waals surface area (Å²) in [4.78, 5) is 10.4. The van der Waals surface area contributed by atoms with Crippen molar-refractivity contribution in [1.29, 1.82) is 0 Å². The van der Waals surface area contributed by atoms with Crippen molar-refractivity contribution in [3.05, 3.63) is 0 Å². The number of carbonyl (C=O) groups excluding carboxylic acids is 1. The van der Waals surface area contributed by atoms with E-state index in [0.717, 1.165) is 11.8 Å². The van der Waals surface area contributed by atoms with E-state index in [1.165, 1.54) is 6.92 Å². The predicted molar refractivity (Wildman–Crippen MR) is 48.1 cm³/mol. The molecule has 0 aromatic carbocycles. The average molecular weight is 214 g/mol. The molecule has 0 aromatic rings. The molecule has 0 aliphatic heterocycles.